The maximum atomic E-state index is 14.1. The van der Waals surface area contributed by atoms with Crippen LogP contribution < -0.4 is 39.4 Å². The molecule has 0 spiro atoms. The number of pyridine rings is 1. The zero-order chi connectivity index (χ0) is 22.8. The van der Waals surface area contributed by atoms with Crippen molar-refractivity contribution in [1.82, 2.24) is 4.98 Å². The number of carbonyl (C=O) groups excluding carboxylic acids is 1. The summed E-state index contributed by atoms with van der Waals surface area (Å²) in [5.41, 5.74) is 1.87. The van der Waals surface area contributed by atoms with Crippen molar-refractivity contribution in [1.29, 1.82) is 0 Å². The smallest absolute Gasteiger partial charge is 0.545 e. The number of rotatable bonds is 6. The van der Waals surface area contributed by atoms with Crippen molar-refractivity contribution in [3.8, 4) is 5.88 Å². The number of halogens is 4. The number of carbonyl (C=O) groups is 1. The Kier molecular flexibility index (Phi) is 8.23. The van der Waals surface area contributed by atoms with Gasteiger partial charge >= 0.3 is 29.6 Å². The summed E-state index contributed by atoms with van der Waals surface area (Å²) in [6.07, 6.45) is 3.23. The summed E-state index contributed by atoms with van der Waals surface area (Å²) >= 11 is 6.14. The second kappa shape index (κ2) is 10.7. The number of aromatic carboxylic acids is 1. The fourth-order valence-corrected chi connectivity index (χ4v) is 3.97. The summed E-state index contributed by atoms with van der Waals surface area (Å²) in [6.45, 7) is -0.391. The molecule has 164 valence electrons. The van der Waals surface area contributed by atoms with E-state index in [1.165, 1.54) is 24.4 Å². The topological polar surface area (TPSA) is 62.2 Å². The first-order valence-corrected chi connectivity index (χ1v) is 10.2. The van der Waals surface area contributed by atoms with Crippen molar-refractivity contribution < 1.29 is 57.4 Å². The fourth-order valence-electron chi connectivity index (χ4n) is 3.81. The first-order chi connectivity index (χ1) is 15.3. The zero-order valence-corrected chi connectivity index (χ0v) is 20.4. The van der Waals surface area contributed by atoms with Gasteiger partial charge in [0.1, 0.15) is 24.1 Å². The molecule has 9 heteroatoms. The summed E-state index contributed by atoms with van der Waals surface area (Å²) in [5.74, 6) is -3.54. The van der Waals surface area contributed by atoms with E-state index < -0.39 is 30.0 Å². The van der Waals surface area contributed by atoms with Crippen molar-refractivity contribution >= 4 is 28.7 Å². The minimum absolute atomic E-state index is 0. The predicted octanol–water partition coefficient (Wildman–Crippen LogP) is 2.19. The maximum Gasteiger partial charge on any atom is 1.00 e. The molecule has 33 heavy (non-hydrogen) atoms. The number of ether oxygens (including phenoxy) is 1. The van der Waals surface area contributed by atoms with Gasteiger partial charge in [-0.05, 0) is 72.4 Å². The molecular weight excluding hydrogens is 466 g/mol. The summed E-state index contributed by atoms with van der Waals surface area (Å²) in [4.78, 5) is 15.4. The minimum atomic E-state index is -1.48. The molecule has 4 rings (SSSR count). The maximum absolute atomic E-state index is 14.1. The van der Waals surface area contributed by atoms with E-state index in [2.05, 4.69) is 4.98 Å². The van der Waals surface area contributed by atoms with Crippen LogP contribution in [0.25, 0.3) is 11.1 Å². The van der Waals surface area contributed by atoms with Gasteiger partial charge in [0.05, 0.1) is 16.6 Å². The van der Waals surface area contributed by atoms with E-state index in [-0.39, 0.29) is 46.6 Å². The van der Waals surface area contributed by atoms with Crippen molar-refractivity contribution in [2.45, 2.75) is 25.9 Å². The molecule has 0 radical (unpaired) electrons. The summed E-state index contributed by atoms with van der Waals surface area (Å²) in [7, 11) is 0. The predicted molar refractivity (Wildman–Crippen MR) is 111 cm³/mol. The van der Waals surface area contributed by atoms with Gasteiger partial charge in [0.2, 0.25) is 5.88 Å². The van der Waals surface area contributed by atoms with Crippen LogP contribution in [-0.2, 0) is 6.61 Å². The third-order valence-electron chi connectivity index (χ3n) is 5.26. The number of hydrogen-bond acceptors (Lipinski definition) is 4. The van der Waals surface area contributed by atoms with Gasteiger partial charge < -0.3 is 14.6 Å². The molecule has 0 N–H and O–H groups in total. The third-order valence-corrected chi connectivity index (χ3v) is 5.46. The van der Waals surface area contributed by atoms with Crippen LogP contribution in [0, 0.1) is 17.5 Å². The zero-order valence-electron chi connectivity index (χ0n) is 17.6. The van der Waals surface area contributed by atoms with Gasteiger partial charge in [0, 0.05) is 17.3 Å². The third kappa shape index (κ3) is 5.61. The van der Waals surface area contributed by atoms with Crippen LogP contribution in [0.15, 0.2) is 48.7 Å². The quantitative estimate of drug-likeness (QED) is 0.506. The Hall–Kier alpha value is -2.32. The average Bonchev–Trinajstić information content (AvgIpc) is 3.23. The van der Waals surface area contributed by atoms with Crippen LogP contribution in [0.1, 0.15) is 46.3 Å². The van der Waals surface area contributed by atoms with Crippen LogP contribution in [0.2, 0.25) is 5.02 Å². The van der Waals surface area contributed by atoms with Crippen molar-refractivity contribution in [2.24, 2.45) is 0 Å². The van der Waals surface area contributed by atoms with Crippen molar-refractivity contribution in [2.75, 3.05) is 0 Å². The van der Waals surface area contributed by atoms with Crippen LogP contribution in [-0.4, -0.2) is 11.0 Å². The van der Waals surface area contributed by atoms with Gasteiger partial charge in [-0.2, -0.15) is 0 Å². The van der Waals surface area contributed by atoms with E-state index in [0.717, 1.165) is 35.8 Å². The van der Waals surface area contributed by atoms with Gasteiger partial charge in [-0.15, -0.1) is 0 Å². The molecule has 0 amide bonds. The molecule has 0 saturated carbocycles. The van der Waals surface area contributed by atoms with Gasteiger partial charge in [-0.3, -0.25) is 0 Å². The van der Waals surface area contributed by atoms with E-state index in [1.54, 1.807) is 6.07 Å². The normalized spacial score (nSPS) is 13.1. The molecule has 4 nitrogen and oxygen atoms in total. The molecule has 2 aromatic carbocycles. The van der Waals surface area contributed by atoms with E-state index in [0.29, 0.717) is 29.0 Å². The molecule has 0 atom stereocenters. The van der Waals surface area contributed by atoms with E-state index in [9.17, 15) is 23.1 Å². The van der Waals surface area contributed by atoms with E-state index in [4.69, 9.17) is 16.3 Å². The Morgan fingerprint density at radius 2 is 1.76 bits per heavy atom. The summed E-state index contributed by atoms with van der Waals surface area (Å²) in [6, 6.07) is 8.64. The monoisotopic (exact) mass is 481 g/mol. The van der Waals surface area contributed by atoms with Crippen molar-refractivity contribution in [3.63, 3.8) is 0 Å². The molecule has 3 aromatic rings. The van der Waals surface area contributed by atoms with Gasteiger partial charge in [0.25, 0.3) is 0 Å². The molecule has 1 heterocycles. The Morgan fingerprint density at radius 3 is 2.45 bits per heavy atom. The average molecular weight is 482 g/mol. The molecule has 1 aliphatic carbocycles. The molecule has 1 aliphatic rings. The number of allylic oxidation sites excluding steroid dienone is 2. The van der Waals surface area contributed by atoms with Gasteiger partial charge in [-0.1, -0.05) is 17.7 Å². The minimum Gasteiger partial charge on any atom is -0.545 e. The Balaban J connectivity index is 0.00000306. The fraction of sp³-hybridized carbons (Fsp3) is 0.167. The standard InChI is InChI=1S/C24H17ClF3NO3.Na/c25-15-10-19(23(29-11-15)32-12-20-21(27)5-2-6-22(20)28)18-4-1-3-17(18)13-7-14(24(30)31)9-16(26)8-13;/h2,5-11H,1,3-4,12H2,(H,30,31);/q;+1/p-1. The van der Waals surface area contributed by atoms with Crippen LogP contribution in [0.3, 0.4) is 0 Å². The van der Waals surface area contributed by atoms with Crippen molar-refractivity contribution in [3.05, 3.63) is 93.4 Å². The Labute approximate surface area is 215 Å². The SMILES string of the molecule is O=C([O-])c1cc(F)cc(C2=C(c3cc(Cl)cnc3OCc3c(F)cccc3F)CCC2)c1.[Na+]. The first kappa shape index (κ1) is 25.3. The van der Waals surface area contributed by atoms with Gasteiger partial charge in [-0.25, -0.2) is 18.2 Å². The molecular formula is C24H16ClF3NNaO3. The molecule has 0 unspecified atom stereocenters. The number of hydrogen-bond donors (Lipinski definition) is 0. The summed E-state index contributed by atoms with van der Waals surface area (Å²) in [5, 5.41) is 11.6. The molecule has 0 bridgehead atoms. The van der Waals surface area contributed by atoms with E-state index in [1.807, 2.05) is 0 Å². The molecule has 0 saturated heterocycles. The Bertz CT molecular complexity index is 1230. The second-order valence-corrected chi connectivity index (χ2v) is 7.76. The largest absolute Gasteiger partial charge is 1.00 e. The first-order valence-electron chi connectivity index (χ1n) is 9.79. The van der Waals surface area contributed by atoms with E-state index >= 15 is 0 Å². The van der Waals surface area contributed by atoms with Crippen LogP contribution >= 0.6 is 11.6 Å². The molecule has 0 aliphatic heterocycles. The second-order valence-electron chi connectivity index (χ2n) is 7.32. The summed E-state index contributed by atoms with van der Waals surface area (Å²) < 4.78 is 47.7. The number of carboxylic acid groups (broad SMARTS) is 1. The number of benzene rings is 2. The van der Waals surface area contributed by atoms with Gasteiger partial charge in [0.15, 0.2) is 0 Å². The Morgan fingerprint density at radius 1 is 1.06 bits per heavy atom. The molecule has 0 fully saturated rings. The number of nitrogens with zero attached hydrogens (tertiary/aromatic N) is 1. The van der Waals surface area contributed by atoms with Crippen LogP contribution in [0.4, 0.5) is 13.2 Å². The number of carboxylic acids is 1. The van der Waals surface area contributed by atoms with Crippen LogP contribution in [0.5, 0.6) is 5.88 Å². The number of aromatic nitrogens is 1. The molecule has 1 aromatic heterocycles.